The van der Waals surface area contributed by atoms with E-state index in [1.54, 1.807) is 41.2 Å². The van der Waals surface area contributed by atoms with Gasteiger partial charge in [-0.05, 0) is 78.7 Å². The molecule has 10 heteroatoms. The number of nitrogens with one attached hydrogen (secondary N) is 2. The quantitative estimate of drug-likeness (QED) is 0.185. The summed E-state index contributed by atoms with van der Waals surface area (Å²) in [5, 5.41) is 16.1. The number of fused-ring (bicyclic) bond motifs is 1. The van der Waals surface area contributed by atoms with E-state index in [2.05, 4.69) is 39.9 Å². The maximum absolute atomic E-state index is 12.3. The van der Waals surface area contributed by atoms with Gasteiger partial charge in [0.25, 0.3) is 0 Å². The lowest BCUT2D eigenvalue weighted by Crippen LogP contribution is -2.32. The van der Waals surface area contributed by atoms with E-state index in [0.717, 1.165) is 24.9 Å². The van der Waals surface area contributed by atoms with Crippen LogP contribution in [0.3, 0.4) is 0 Å². The summed E-state index contributed by atoms with van der Waals surface area (Å²) in [6.45, 7) is 2.18. The molecular weight excluding hydrogens is 537 g/mol. The van der Waals surface area contributed by atoms with Gasteiger partial charge >= 0.3 is 0 Å². The van der Waals surface area contributed by atoms with Crippen LogP contribution < -0.4 is 10.6 Å². The second-order valence-electron chi connectivity index (χ2n) is 8.02. The molecule has 6 nitrogen and oxygen atoms in total. The fourth-order valence-corrected chi connectivity index (χ4v) is 4.32. The highest BCUT2D eigenvalue weighted by Gasteiger charge is 2.11. The highest BCUT2D eigenvalue weighted by Crippen LogP contribution is 2.27. The zero-order valence-electron chi connectivity index (χ0n) is 19.3. The number of benzene rings is 3. The number of unbranched alkanes of at least 4 members (excludes halogenated alkanes) is 1. The van der Waals surface area contributed by atoms with Gasteiger partial charge in [0.05, 0.1) is 16.4 Å². The van der Waals surface area contributed by atoms with Crippen molar-refractivity contribution in [3.63, 3.8) is 0 Å². The molecule has 0 aliphatic rings. The maximum atomic E-state index is 12.3. The van der Waals surface area contributed by atoms with Gasteiger partial charge in [-0.15, -0.1) is 10.2 Å². The Morgan fingerprint density at radius 1 is 1.00 bits per heavy atom. The van der Waals surface area contributed by atoms with Crippen LogP contribution in [0, 0.1) is 0 Å². The van der Waals surface area contributed by atoms with E-state index in [4.69, 9.17) is 47.0 Å². The van der Waals surface area contributed by atoms with E-state index in [1.165, 1.54) is 11.6 Å². The summed E-state index contributed by atoms with van der Waals surface area (Å²) in [4.78, 5) is 13.9. The number of nitrogens with zero attached hydrogens (tertiary/aromatic N) is 3. The molecule has 0 unspecified atom stereocenters. The normalized spacial score (nSPS) is 11.2. The highest BCUT2D eigenvalue weighted by molar-refractivity contribution is 7.80. The van der Waals surface area contributed by atoms with Crippen LogP contribution >= 0.6 is 47.0 Å². The minimum absolute atomic E-state index is 0.0863. The van der Waals surface area contributed by atoms with Crippen LogP contribution in [0.5, 0.6) is 0 Å². The molecule has 0 spiro atoms. The van der Waals surface area contributed by atoms with Gasteiger partial charge in [-0.3, -0.25) is 10.1 Å². The predicted octanol–water partition coefficient (Wildman–Crippen LogP) is 7.25. The second-order valence-corrected chi connectivity index (χ2v) is 9.68. The fourth-order valence-electron chi connectivity index (χ4n) is 3.44. The van der Waals surface area contributed by atoms with E-state index in [1.807, 2.05) is 12.1 Å². The van der Waals surface area contributed by atoms with E-state index >= 15 is 0 Å². The van der Waals surface area contributed by atoms with Gasteiger partial charge in [-0.25, -0.2) is 0 Å². The molecule has 0 aliphatic heterocycles. The predicted molar refractivity (Wildman–Crippen MR) is 152 cm³/mol. The Morgan fingerprint density at radius 3 is 2.42 bits per heavy atom. The van der Waals surface area contributed by atoms with E-state index < -0.39 is 5.91 Å². The summed E-state index contributed by atoms with van der Waals surface area (Å²) < 4.78 is 0. The Balaban J connectivity index is 1.43. The van der Waals surface area contributed by atoms with Crippen molar-refractivity contribution in [3.8, 4) is 5.69 Å². The first-order chi connectivity index (χ1) is 17.3. The molecule has 0 saturated heterocycles. The Morgan fingerprint density at radius 2 is 1.72 bits per heavy atom. The number of anilines is 1. The van der Waals surface area contributed by atoms with Gasteiger partial charge in [0, 0.05) is 16.1 Å². The highest BCUT2D eigenvalue weighted by atomic mass is 35.5. The number of thiocarbonyl (C=S) groups is 1. The summed E-state index contributed by atoms with van der Waals surface area (Å²) in [6.07, 6.45) is 6.27. The lowest BCUT2D eigenvalue weighted by atomic mass is 10.1. The second kappa shape index (κ2) is 11.8. The Bertz CT molecular complexity index is 1450. The molecule has 1 amide bonds. The van der Waals surface area contributed by atoms with Crippen LogP contribution in [-0.2, 0) is 11.2 Å². The van der Waals surface area contributed by atoms with Gasteiger partial charge in [-0.1, -0.05) is 66.3 Å². The first-order valence-corrected chi connectivity index (χ1v) is 12.8. The lowest BCUT2D eigenvalue weighted by molar-refractivity contribution is -0.115. The van der Waals surface area contributed by atoms with Crippen molar-refractivity contribution in [2.24, 2.45) is 0 Å². The molecule has 1 heterocycles. The zero-order chi connectivity index (χ0) is 25.7. The van der Waals surface area contributed by atoms with Crippen molar-refractivity contribution in [2.75, 3.05) is 5.32 Å². The molecule has 184 valence electrons. The molecule has 2 N–H and O–H groups in total. The van der Waals surface area contributed by atoms with Crippen molar-refractivity contribution in [1.82, 2.24) is 20.3 Å². The number of amides is 1. The van der Waals surface area contributed by atoms with Crippen molar-refractivity contribution in [2.45, 2.75) is 26.2 Å². The van der Waals surface area contributed by atoms with Gasteiger partial charge < -0.3 is 5.32 Å². The van der Waals surface area contributed by atoms with Crippen LogP contribution in [0.15, 0.2) is 60.7 Å². The first-order valence-electron chi connectivity index (χ1n) is 11.2. The average molecular weight is 559 g/mol. The molecule has 36 heavy (non-hydrogen) atoms. The van der Waals surface area contributed by atoms with E-state index in [-0.39, 0.29) is 5.11 Å². The number of carbonyl (C=O) groups excluding carboxylic acids is 1. The van der Waals surface area contributed by atoms with Crippen molar-refractivity contribution < 1.29 is 4.79 Å². The molecule has 4 rings (SSSR count). The Labute approximate surface area is 229 Å². The molecule has 0 saturated carbocycles. The van der Waals surface area contributed by atoms with Gasteiger partial charge in [-0.2, -0.15) is 4.80 Å². The molecule has 1 aromatic heterocycles. The standard InChI is InChI=1S/C26H22Cl3N5OS/c1-2-3-4-16-5-10-19(11-6-16)34-32-23-14-21(29)22(15-24(23)33-34)30-26(36)31-25(35)12-8-17-7-9-18(27)13-20(17)28/h5-15H,2-4H2,1H3,(H2,30,31,35,36)/b12-8+. The summed E-state index contributed by atoms with van der Waals surface area (Å²) in [5.74, 6) is -0.427. The molecule has 0 bridgehead atoms. The number of aromatic nitrogens is 3. The molecule has 4 aromatic rings. The fraction of sp³-hybridized carbons (Fsp3) is 0.154. The smallest absolute Gasteiger partial charge is 0.250 e. The van der Waals surface area contributed by atoms with Crippen molar-refractivity contribution in [3.05, 3.63) is 86.9 Å². The number of rotatable bonds is 7. The molecule has 0 atom stereocenters. The molecule has 0 aliphatic carbocycles. The topological polar surface area (TPSA) is 71.8 Å². The third kappa shape index (κ3) is 6.62. The van der Waals surface area contributed by atoms with Gasteiger partial charge in [0.1, 0.15) is 11.0 Å². The average Bonchev–Trinajstić information content (AvgIpc) is 3.25. The van der Waals surface area contributed by atoms with Crippen LogP contribution in [0.1, 0.15) is 30.9 Å². The molecular formula is C26H22Cl3N5OS. The summed E-state index contributed by atoms with van der Waals surface area (Å²) in [7, 11) is 0. The summed E-state index contributed by atoms with van der Waals surface area (Å²) in [6, 6.07) is 16.6. The number of aryl methyl sites for hydroxylation is 1. The van der Waals surface area contributed by atoms with E-state index in [0.29, 0.717) is 37.4 Å². The third-order valence-electron chi connectivity index (χ3n) is 5.32. The third-order valence-corrected chi connectivity index (χ3v) is 6.40. The van der Waals surface area contributed by atoms with Gasteiger partial charge in [0.15, 0.2) is 5.11 Å². The zero-order valence-corrected chi connectivity index (χ0v) is 22.3. The first kappa shape index (κ1) is 26.1. The summed E-state index contributed by atoms with van der Waals surface area (Å²) >= 11 is 23.7. The van der Waals surface area contributed by atoms with Gasteiger partial charge in [0.2, 0.25) is 5.91 Å². The summed E-state index contributed by atoms with van der Waals surface area (Å²) in [5.41, 5.74) is 4.56. The SMILES string of the molecule is CCCCc1ccc(-n2nc3cc(Cl)c(NC(=S)NC(=O)/C=C/c4ccc(Cl)cc4Cl)cc3n2)cc1. The molecule has 0 fully saturated rings. The van der Waals surface area contributed by atoms with Crippen LogP contribution in [0.2, 0.25) is 15.1 Å². The Hall–Kier alpha value is -2.97. The largest absolute Gasteiger partial charge is 0.331 e. The monoisotopic (exact) mass is 557 g/mol. The number of hydrogen-bond donors (Lipinski definition) is 2. The molecule has 0 radical (unpaired) electrons. The minimum Gasteiger partial charge on any atom is -0.331 e. The number of halogens is 3. The Kier molecular flexibility index (Phi) is 8.59. The molecule has 3 aromatic carbocycles. The van der Waals surface area contributed by atoms with Crippen LogP contribution in [0.25, 0.3) is 22.8 Å². The number of hydrogen-bond acceptors (Lipinski definition) is 4. The van der Waals surface area contributed by atoms with Crippen LogP contribution in [-0.4, -0.2) is 26.0 Å². The maximum Gasteiger partial charge on any atom is 0.250 e. The van der Waals surface area contributed by atoms with Crippen LogP contribution in [0.4, 0.5) is 5.69 Å². The lowest BCUT2D eigenvalue weighted by Gasteiger charge is -2.09. The van der Waals surface area contributed by atoms with Crippen molar-refractivity contribution >= 4 is 80.8 Å². The van der Waals surface area contributed by atoms with Crippen molar-refractivity contribution in [1.29, 1.82) is 0 Å². The number of carbonyl (C=O) groups is 1. The minimum atomic E-state index is -0.427. The van der Waals surface area contributed by atoms with E-state index in [9.17, 15) is 4.79 Å².